The summed E-state index contributed by atoms with van der Waals surface area (Å²) in [7, 11) is 1.57. The molecule has 0 aliphatic rings. The maximum absolute atomic E-state index is 10.6. The third-order valence-corrected chi connectivity index (χ3v) is 1.51. The Labute approximate surface area is 81.8 Å². The van der Waals surface area contributed by atoms with Gasteiger partial charge in [-0.1, -0.05) is 6.07 Å². The zero-order valence-corrected chi connectivity index (χ0v) is 7.97. The number of aromatic nitrogens is 1. The molecule has 0 unspecified atom stereocenters. The van der Waals surface area contributed by atoms with Crippen molar-refractivity contribution in [2.24, 2.45) is 0 Å². The molecular weight excluding hydrogens is 199 g/mol. The van der Waals surface area contributed by atoms with Gasteiger partial charge in [0.05, 0.1) is 0 Å². The number of rotatable bonds is 1. The van der Waals surface area contributed by atoms with Crippen LogP contribution in [0.3, 0.4) is 0 Å². The Morgan fingerprint density at radius 3 is 2.67 bits per heavy atom. The smallest absolute Gasteiger partial charge is 0.286 e. The minimum absolute atomic E-state index is 0. The van der Waals surface area contributed by atoms with Crippen LogP contribution >= 0.6 is 24.0 Å². The van der Waals surface area contributed by atoms with Crippen molar-refractivity contribution >= 4 is 35.2 Å². The highest BCUT2D eigenvalue weighted by molar-refractivity contribution is 6.66. The van der Waals surface area contributed by atoms with E-state index in [1.165, 1.54) is 4.90 Å². The first-order valence-corrected chi connectivity index (χ1v) is 3.44. The predicted octanol–water partition coefficient (Wildman–Crippen LogP) is 2.30. The van der Waals surface area contributed by atoms with E-state index in [0.717, 1.165) is 0 Å². The Morgan fingerprint density at radius 2 is 2.25 bits per heavy atom. The van der Waals surface area contributed by atoms with Crippen molar-refractivity contribution < 1.29 is 4.79 Å². The number of pyridine rings is 1. The molecule has 0 aromatic carbocycles. The van der Waals surface area contributed by atoms with Gasteiger partial charge in [-0.2, -0.15) is 0 Å². The number of carbonyl (C=O) groups excluding carboxylic acids is 1. The van der Waals surface area contributed by atoms with Crippen molar-refractivity contribution in [1.29, 1.82) is 0 Å². The van der Waals surface area contributed by atoms with Gasteiger partial charge in [-0.3, -0.25) is 9.69 Å². The standard InChI is InChI=1S/C7H7ClN2O.ClH/c1-10(7(8)11)6-4-2-3-5-9-6;/h2-5H,1H3;1H. The number of halogens is 2. The molecule has 1 aromatic heterocycles. The minimum atomic E-state index is -0.538. The zero-order chi connectivity index (χ0) is 8.27. The molecular formula is C7H8Cl2N2O. The van der Waals surface area contributed by atoms with E-state index in [9.17, 15) is 4.79 Å². The largest absolute Gasteiger partial charge is 0.321 e. The molecule has 0 fully saturated rings. The average Bonchev–Trinajstić information content (AvgIpc) is 2.05. The van der Waals surface area contributed by atoms with Crippen molar-refractivity contribution in [2.45, 2.75) is 0 Å². The van der Waals surface area contributed by atoms with Crippen LogP contribution in [-0.4, -0.2) is 17.4 Å². The summed E-state index contributed by atoms with van der Waals surface area (Å²) in [5, 5.41) is -0.538. The van der Waals surface area contributed by atoms with Crippen molar-refractivity contribution in [2.75, 3.05) is 11.9 Å². The summed E-state index contributed by atoms with van der Waals surface area (Å²) in [4.78, 5) is 15.8. The Hall–Kier alpha value is -0.800. The Morgan fingerprint density at radius 1 is 1.58 bits per heavy atom. The van der Waals surface area contributed by atoms with Gasteiger partial charge >= 0.3 is 5.37 Å². The summed E-state index contributed by atoms with van der Waals surface area (Å²) in [6, 6.07) is 5.27. The number of nitrogens with zero attached hydrogens (tertiary/aromatic N) is 2. The second-order valence-electron chi connectivity index (χ2n) is 2.00. The molecule has 1 aromatic rings. The lowest BCUT2D eigenvalue weighted by molar-refractivity contribution is 0.265. The van der Waals surface area contributed by atoms with Gasteiger partial charge in [0.2, 0.25) is 0 Å². The molecule has 0 N–H and O–H groups in total. The number of amides is 1. The monoisotopic (exact) mass is 206 g/mol. The molecule has 0 saturated heterocycles. The van der Waals surface area contributed by atoms with Gasteiger partial charge in [0.15, 0.2) is 0 Å². The van der Waals surface area contributed by atoms with Crippen LogP contribution in [0.4, 0.5) is 10.6 Å². The number of anilines is 1. The van der Waals surface area contributed by atoms with Crippen LogP contribution in [0.2, 0.25) is 0 Å². The number of hydrogen-bond donors (Lipinski definition) is 0. The fraction of sp³-hybridized carbons (Fsp3) is 0.143. The van der Waals surface area contributed by atoms with Crippen LogP contribution in [0.5, 0.6) is 0 Å². The van der Waals surface area contributed by atoms with E-state index in [1.54, 1.807) is 31.4 Å². The fourth-order valence-corrected chi connectivity index (χ4v) is 0.729. The highest BCUT2D eigenvalue weighted by atomic mass is 35.5. The molecule has 0 saturated carbocycles. The van der Waals surface area contributed by atoms with Crippen LogP contribution < -0.4 is 4.90 Å². The van der Waals surface area contributed by atoms with Gasteiger partial charge in [-0.05, 0) is 23.7 Å². The van der Waals surface area contributed by atoms with E-state index in [2.05, 4.69) is 4.98 Å². The van der Waals surface area contributed by atoms with E-state index >= 15 is 0 Å². The topological polar surface area (TPSA) is 33.2 Å². The van der Waals surface area contributed by atoms with Crippen molar-refractivity contribution in [3.63, 3.8) is 0 Å². The fourth-order valence-electron chi connectivity index (χ4n) is 0.642. The second kappa shape index (κ2) is 4.95. The lowest BCUT2D eigenvalue weighted by atomic mass is 10.4. The lowest BCUT2D eigenvalue weighted by Crippen LogP contribution is -2.20. The molecule has 0 bridgehead atoms. The molecule has 3 nitrogen and oxygen atoms in total. The third-order valence-electron chi connectivity index (χ3n) is 1.26. The average molecular weight is 207 g/mol. The van der Waals surface area contributed by atoms with Gasteiger partial charge in [-0.15, -0.1) is 12.4 Å². The summed E-state index contributed by atoms with van der Waals surface area (Å²) >= 11 is 5.21. The minimum Gasteiger partial charge on any atom is -0.286 e. The number of carbonyl (C=O) groups is 1. The van der Waals surface area contributed by atoms with E-state index < -0.39 is 5.37 Å². The molecule has 5 heteroatoms. The first-order chi connectivity index (χ1) is 5.22. The maximum Gasteiger partial charge on any atom is 0.321 e. The summed E-state index contributed by atoms with van der Waals surface area (Å²) in [5.41, 5.74) is 0. The predicted molar refractivity (Wildman–Crippen MR) is 51.1 cm³/mol. The van der Waals surface area contributed by atoms with E-state index in [1.807, 2.05) is 0 Å². The first-order valence-electron chi connectivity index (χ1n) is 3.06. The summed E-state index contributed by atoms with van der Waals surface area (Å²) in [6.07, 6.45) is 1.60. The Kier molecular flexibility index (Phi) is 4.62. The quantitative estimate of drug-likeness (QED) is 0.522. The second-order valence-corrected chi connectivity index (χ2v) is 2.32. The van der Waals surface area contributed by atoms with Crippen LogP contribution in [0.15, 0.2) is 24.4 Å². The molecule has 0 spiro atoms. The van der Waals surface area contributed by atoms with Crippen molar-refractivity contribution in [1.82, 2.24) is 4.98 Å². The molecule has 0 aliphatic heterocycles. The van der Waals surface area contributed by atoms with E-state index in [-0.39, 0.29) is 12.4 Å². The van der Waals surface area contributed by atoms with Crippen LogP contribution in [0, 0.1) is 0 Å². The molecule has 0 atom stereocenters. The highest BCUT2D eigenvalue weighted by Crippen LogP contribution is 2.08. The number of hydrogen-bond acceptors (Lipinski definition) is 2. The molecule has 1 amide bonds. The molecule has 0 aliphatic carbocycles. The summed E-state index contributed by atoms with van der Waals surface area (Å²) in [6.45, 7) is 0. The van der Waals surface area contributed by atoms with Gasteiger partial charge < -0.3 is 0 Å². The summed E-state index contributed by atoms with van der Waals surface area (Å²) < 4.78 is 0. The Balaban J connectivity index is 0.00000121. The highest BCUT2D eigenvalue weighted by Gasteiger charge is 2.06. The SMILES string of the molecule is CN(C(=O)Cl)c1ccccn1.Cl. The molecule has 1 rings (SSSR count). The van der Waals surface area contributed by atoms with Crippen LogP contribution in [0.25, 0.3) is 0 Å². The first kappa shape index (κ1) is 11.2. The summed E-state index contributed by atoms with van der Waals surface area (Å²) in [5.74, 6) is 0.549. The van der Waals surface area contributed by atoms with Crippen LogP contribution in [0.1, 0.15) is 0 Å². The van der Waals surface area contributed by atoms with Crippen molar-refractivity contribution in [3.05, 3.63) is 24.4 Å². The lowest BCUT2D eigenvalue weighted by Gasteiger charge is -2.10. The van der Waals surface area contributed by atoms with Crippen molar-refractivity contribution in [3.8, 4) is 0 Å². The Bertz CT molecular complexity index is 253. The van der Waals surface area contributed by atoms with Gasteiger partial charge in [0.25, 0.3) is 0 Å². The van der Waals surface area contributed by atoms with E-state index in [4.69, 9.17) is 11.6 Å². The molecule has 1 heterocycles. The van der Waals surface area contributed by atoms with Gasteiger partial charge in [0, 0.05) is 13.2 Å². The normalized spacial score (nSPS) is 8.50. The molecule has 12 heavy (non-hydrogen) atoms. The van der Waals surface area contributed by atoms with Gasteiger partial charge in [0.1, 0.15) is 5.82 Å². The van der Waals surface area contributed by atoms with E-state index in [0.29, 0.717) is 5.82 Å². The molecule has 0 radical (unpaired) electrons. The maximum atomic E-state index is 10.6. The third kappa shape index (κ3) is 2.68. The van der Waals surface area contributed by atoms with Crippen LogP contribution in [-0.2, 0) is 0 Å². The van der Waals surface area contributed by atoms with Gasteiger partial charge in [-0.25, -0.2) is 4.98 Å². The zero-order valence-electron chi connectivity index (χ0n) is 6.40. The molecule has 66 valence electrons.